The topological polar surface area (TPSA) is 96.2 Å². The highest BCUT2D eigenvalue weighted by Gasteiger charge is 2.28. The van der Waals surface area contributed by atoms with Gasteiger partial charge in [0, 0.05) is 50.5 Å². The van der Waals surface area contributed by atoms with E-state index in [1.54, 1.807) is 21.9 Å². The highest BCUT2D eigenvalue weighted by atomic mass is 16.6. The lowest BCUT2D eigenvalue weighted by molar-refractivity contribution is -0.384. The standard InChI is InChI=1S/C20H28N4O5/c1-15(2)14-29-20(26)22-10-8-21(9-11-22)13-19(25)23-7-3-4-16-12-17(24(27)28)5-6-18(16)23/h5-6,12,15H,3-4,7-11,13-14H2,1-2H3. The molecule has 9 heteroatoms. The molecule has 0 saturated carbocycles. The number of fused-ring (bicyclic) bond motifs is 1. The Labute approximate surface area is 170 Å². The van der Waals surface area contributed by atoms with Crippen LogP contribution < -0.4 is 4.90 Å². The van der Waals surface area contributed by atoms with Crippen molar-refractivity contribution >= 4 is 23.4 Å². The summed E-state index contributed by atoms with van der Waals surface area (Å²) < 4.78 is 5.27. The lowest BCUT2D eigenvalue weighted by Gasteiger charge is -2.36. The number of aryl methyl sites for hydroxylation is 1. The molecule has 1 aromatic carbocycles. The molecule has 9 nitrogen and oxygen atoms in total. The van der Waals surface area contributed by atoms with Crippen LogP contribution in [0.5, 0.6) is 0 Å². The van der Waals surface area contributed by atoms with Crippen molar-refractivity contribution in [2.75, 3.05) is 50.8 Å². The molecule has 158 valence electrons. The van der Waals surface area contributed by atoms with Crippen LogP contribution in [0.3, 0.4) is 0 Å². The van der Waals surface area contributed by atoms with Gasteiger partial charge in [0.2, 0.25) is 5.91 Å². The van der Waals surface area contributed by atoms with Gasteiger partial charge in [-0.3, -0.25) is 19.8 Å². The number of nitro groups is 1. The molecule has 0 atom stereocenters. The van der Waals surface area contributed by atoms with Gasteiger partial charge in [-0.25, -0.2) is 4.79 Å². The summed E-state index contributed by atoms with van der Waals surface area (Å²) in [5.74, 6) is 0.280. The first kappa shape index (κ1) is 21.0. The van der Waals surface area contributed by atoms with E-state index in [0.29, 0.717) is 45.2 Å². The Morgan fingerprint density at radius 1 is 1.17 bits per heavy atom. The fourth-order valence-corrected chi connectivity index (χ4v) is 3.65. The Balaban J connectivity index is 1.55. The lowest BCUT2D eigenvalue weighted by Crippen LogP contribution is -2.52. The first-order valence-electron chi connectivity index (χ1n) is 10.1. The Kier molecular flexibility index (Phi) is 6.68. The SMILES string of the molecule is CC(C)COC(=O)N1CCN(CC(=O)N2CCCc3cc([N+](=O)[O-])ccc32)CC1. The predicted molar refractivity (Wildman–Crippen MR) is 108 cm³/mol. The summed E-state index contributed by atoms with van der Waals surface area (Å²) in [7, 11) is 0. The molecule has 0 aromatic heterocycles. The number of hydrogen-bond acceptors (Lipinski definition) is 6. The molecule has 0 spiro atoms. The van der Waals surface area contributed by atoms with E-state index < -0.39 is 4.92 Å². The molecule has 0 radical (unpaired) electrons. The molecule has 2 heterocycles. The number of amides is 2. The second-order valence-electron chi connectivity index (χ2n) is 7.95. The number of non-ortho nitro benzene ring substituents is 1. The fraction of sp³-hybridized carbons (Fsp3) is 0.600. The molecule has 2 aliphatic rings. The minimum Gasteiger partial charge on any atom is -0.449 e. The number of carbonyl (C=O) groups is 2. The molecular formula is C20H28N4O5. The zero-order valence-electron chi connectivity index (χ0n) is 17.0. The minimum absolute atomic E-state index is 0.0179. The van der Waals surface area contributed by atoms with Crippen LogP contribution in [0.15, 0.2) is 18.2 Å². The van der Waals surface area contributed by atoms with Gasteiger partial charge in [0.25, 0.3) is 5.69 Å². The molecule has 0 bridgehead atoms. The largest absolute Gasteiger partial charge is 0.449 e. The van der Waals surface area contributed by atoms with Crippen molar-refractivity contribution in [3.63, 3.8) is 0 Å². The van der Waals surface area contributed by atoms with Crippen molar-refractivity contribution in [2.24, 2.45) is 5.92 Å². The van der Waals surface area contributed by atoms with Crippen molar-refractivity contribution in [3.8, 4) is 0 Å². The van der Waals surface area contributed by atoms with Gasteiger partial charge in [-0.15, -0.1) is 0 Å². The van der Waals surface area contributed by atoms with Gasteiger partial charge in [0.05, 0.1) is 18.1 Å². The summed E-state index contributed by atoms with van der Waals surface area (Å²) in [4.78, 5) is 41.0. The van der Waals surface area contributed by atoms with Gasteiger partial charge in [0.1, 0.15) is 0 Å². The summed E-state index contributed by atoms with van der Waals surface area (Å²) in [6.07, 6.45) is 1.23. The van der Waals surface area contributed by atoms with Crippen LogP contribution in [0.1, 0.15) is 25.8 Å². The molecular weight excluding hydrogens is 376 g/mol. The molecule has 1 aromatic rings. The molecule has 2 amide bonds. The quantitative estimate of drug-likeness (QED) is 0.552. The summed E-state index contributed by atoms with van der Waals surface area (Å²) in [5, 5.41) is 11.0. The number of rotatable bonds is 5. The maximum Gasteiger partial charge on any atom is 0.409 e. The highest BCUT2D eigenvalue weighted by molar-refractivity contribution is 5.96. The van der Waals surface area contributed by atoms with Gasteiger partial charge in [-0.2, -0.15) is 0 Å². The molecule has 0 unspecified atom stereocenters. The van der Waals surface area contributed by atoms with Crippen molar-refractivity contribution < 1.29 is 19.2 Å². The van der Waals surface area contributed by atoms with Crippen LogP contribution in [-0.4, -0.2) is 72.6 Å². The Hall–Kier alpha value is -2.68. The third-order valence-corrected chi connectivity index (χ3v) is 5.22. The van der Waals surface area contributed by atoms with Crippen molar-refractivity contribution in [1.29, 1.82) is 0 Å². The van der Waals surface area contributed by atoms with E-state index in [1.165, 1.54) is 6.07 Å². The number of nitro benzene ring substituents is 1. The van der Waals surface area contributed by atoms with Gasteiger partial charge in [-0.1, -0.05) is 13.8 Å². The van der Waals surface area contributed by atoms with E-state index in [9.17, 15) is 19.7 Å². The molecule has 0 aliphatic carbocycles. The van der Waals surface area contributed by atoms with Crippen LogP contribution in [-0.2, 0) is 16.0 Å². The summed E-state index contributed by atoms with van der Waals surface area (Å²) in [6.45, 7) is 7.58. The van der Waals surface area contributed by atoms with Crippen LogP contribution in [0.25, 0.3) is 0 Å². The number of hydrogen-bond donors (Lipinski definition) is 0. The van der Waals surface area contributed by atoms with Crippen LogP contribution in [0.4, 0.5) is 16.2 Å². The normalized spacial score (nSPS) is 17.2. The van der Waals surface area contributed by atoms with E-state index in [0.717, 1.165) is 24.1 Å². The smallest absolute Gasteiger partial charge is 0.409 e. The van der Waals surface area contributed by atoms with E-state index in [-0.39, 0.29) is 24.2 Å². The molecule has 29 heavy (non-hydrogen) atoms. The second-order valence-corrected chi connectivity index (χ2v) is 7.95. The maximum atomic E-state index is 12.9. The average Bonchev–Trinajstić information content (AvgIpc) is 2.71. The fourth-order valence-electron chi connectivity index (χ4n) is 3.65. The molecule has 1 saturated heterocycles. The maximum absolute atomic E-state index is 12.9. The van der Waals surface area contributed by atoms with E-state index in [1.807, 2.05) is 18.7 Å². The van der Waals surface area contributed by atoms with E-state index in [4.69, 9.17) is 4.74 Å². The van der Waals surface area contributed by atoms with Crippen LogP contribution in [0.2, 0.25) is 0 Å². The first-order valence-corrected chi connectivity index (χ1v) is 10.1. The lowest BCUT2D eigenvalue weighted by atomic mass is 10.0. The zero-order chi connectivity index (χ0) is 21.0. The van der Waals surface area contributed by atoms with Crippen molar-refractivity contribution in [3.05, 3.63) is 33.9 Å². The van der Waals surface area contributed by atoms with Gasteiger partial charge in [0.15, 0.2) is 0 Å². The van der Waals surface area contributed by atoms with E-state index >= 15 is 0 Å². The number of nitrogens with zero attached hydrogens (tertiary/aromatic N) is 4. The van der Waals surface area contributed by atoms with E-state index in [2.05, 4.69) is 0 Å². The highest BCUT2D eigenvalue weighted by Crippen LogP contribution is 2.30. The number of anilines is 1. The Bertz CT molecular complexity index is 774. The number of benzene rings is 1. The second kappa shape index (κ2) is 9.21. The summed E-state index contributed by atoms with van der Waals surface area (Å²) >= 11 is 0. The van der Waals surface area contributed by atoms with Gasteiger partial charge >= 0.3 is 6.09 Å². The third-order valence-electron chi connectivity index (χ3n) is 5.22. The number of piperazine rings is 1. The van der Waals surface area contributed by atoms with Crippen molar-refractivity contribution in [1.82, 2.24) is 9.80 Å². The number of ether oxygens (including phenoxy) is 1. The van der Waals surface area contributed by atoms with Crippen molar-refractivity contribution in [2.45, 2.75) is 26.7 Å². The average molecular weight is 404 g/mol. The Morgan fingerprint density at radius 2 is 1.90 bits per heavy atom. The monoisotopic (exact) mass is 404 g/mol. The molecule has 0 N–H and O–H groups in total. The van der Waals surface area contributed by atoms with Gasteiger partial charge in [-0.05, 0) is 30.4 Å². The molecule has 1 fully saturated rings. The summed E-state index contributed by atoms with van der Waals surface area (Å²) in [5.41, 5.74) is 1.66. The molecule has 2 aliphatic heterocycles. The van der Waals surface area contributed by atoms with Crippen LogP contribution >= 0.6 is 0 Å². The zero-order valence-corrected chi connectivity index (χ0v) is 17.0. The summed E-state index contributed by atoms with van der Waals surface area (Å²) in [6, 6.07) is 4.69. The number of carbonyl (C=O) groups excluding carboxylic acids is 2. The third kappa shape index (κ3) is 5.23. The predicted octanol–water partition coefficient (Wildman–Crippen LogP) is 2.28. The van der Waals surface area contributed by atoms with Crippen LogP contribution in [0, 0.1) is 16.0 Å². The first-order chi connectivity index (χ1) is 13.8. The Morgan fingerprint density at radius 3 is 2.55 bits per heavy atom. The molecule has 3 rings (SSSR count). The van der Waals surface area contributed by atoms with Gasteiger partial charge < -0.3 is 14.5 Å². The minimum atomic E-state index is -0.410.